The summed E-state index contributed by atoms with van der Waals surface area (Å²) in [5.74, 6) is 0.909. The van der Waals surface area contributed by atoms with Gasteiger partial charge in [-0.1, -0.05) is 12.1 Å². The van der Waals surface area contributed by atoms with E-state index in [9.17, 15) is 0 Å². The van der Waals surface area contributed by atoms with Crippen molar-refractivity contribution in [1.82, 2.24) is 0 Å². The van der Waals surface area contributed by atoms with Crippen molar-refractivity contribution in [2.45, 2.75) is 12.5 Å². The first-order valence-electron chi connectivity index (χ1n) is 5.21. The van der Waals surface area contributed by atoms with Gasteiger partial charge in [-0.25, -0.2) is 0 Å². The maximum Gasteiger partial charge on any atom is 0.119 e. The molecule has 1 aliphatic rings. The van der Waals surface area contributed by atoms with Gasteiger partial charge in [0.15, 0.2) is 0 Å². The molecular weight excluding hydrogens is 192 g/mol. The molecule has 1 heterocycles. The largest absolute Gasteiger partial charge is 0.491 e. The standard InChI is InChI=1S/C12H16O3/c1-13-7-6-10-2-4-11(5-3-10)14-8-12-9-15-12/h2-5,12H,6-9H2,1H3/t12-/m0/s1. The van der Waals surface area contributed by atoms with Crippen molar-refractivity contribution in [2.24, 2.45) is 0 Å². The molecule has 1 aromatic rings. The van der Waals surface area contributed by atoms with E-state index in [0.29, 0.717) is 12.7 Å². The molecule has 1 aliphatic heterocycles. The molecule has 3 nitrogen and oxygen atoms in total. The second-order valence-corrected chi connectivity index (χ2v) is 3.65. The fraction of sp³-hybridized carbons (Fsp3) is 0.500. The first kappa shape index (κ1) is 10.5. The van der Waals surface area contributed by atoms with Crippen LogP contribution in [-0.2, 0) is 15.9 Å². The van der Waals surface area contributed by atoms with Crippen molar-refractivity contribution >= 4 is 0 Å². The van der Waals surface area contributed by atoms with E-state index in [-0.39, 0.29) is 0 Å². The van der Waals surface area contributed by atoms with Gasteiger partial charge in [-0.3, -0.25) is 0 Å². The molecule has 0 spiro atoms. The van der Waals surface area contributed by atoms with Gasteiger partial charge >= 0.3 is 0 Å². The summed E-state index contributed by atoms with van der Waals surface area (Å²) in [6.45, 7) is 2.26. The SMILES string of the molecule is COCCc1ccc(OC[C@H]2CO2)cc1. The number of benzene rings is 1. The summed E-state index contributed by atoms with van der Waals surface area (Å²) >= 11 is 0. The van der Waals surface area contributed by atoms with E-state index >= 15 is 0 Å². The second-order valence-electron chi connectivity index (χ2n) is 3.65. The average Bonchev–Trinajstić information content (AvgIpc) is 3.09. The predicted molar refractivity (Wildman–Crippen MR) is 57.3 cm³/mol. The van der Waals surface area contributed by atoms with Crippen LogP contribution in [0.2, 0.25) is 0 Å². The molecule has 0 amide bonds. The van der Waals surface area contributed by atoms with Crippen LogP contribution in [0.15, 0.2) is 24.3 Å². The van der Waals surface area contributed by atoms with Gasteiger partial charge in [0.2, 0.25) is 0 Å². The number of methoxy groups -OCH3 is 1. The van der Waals surface area contributed by atoms with Gasteiger partial charge in [0.1, 0.15) is 18.5 Å². The van der Waals surface area contributed by atoms with E-state index in [1.807, 2.05) is 12.1 Å². The highest BCUT2D eigenvalue weighted by Gasteiger charge is 2.22. The molecule has 1 aromatic carbocycles. The Bertz CT molecular complexity index is 290. The van der Waals surface area contributed by atoms with Crippen LogP contribution in [0, 0.1) is 0 Å². The van der Waals surface area contributed by atoms with Gasteiger partial charge < -0.3 is 14.2 Å². The van der Waals surface area contributed by atoms with Gasteiger partial charge in [0, 0.05) is 7.11 Å². The molecule has 82 valence electrons. The Kier molecular flexibility index (Phi) is 3.59. The highest BCUT2D eigenvalue weighted by Crippen LogP contribution is 2.15. The summed E-state index contributed by atoms with van der Waals surface area (Å²) < 4.78 is 15.6. The van der Waals surface area contributed by atoms with Crippen molar-refractivity contribution in [2.75, 3.05) is 26.9 Å². The molecule has 1 atom stereocenters. The van der Waals surface area contributed by atoms with Crippen molar-refractivity contribution in [3.05, 3.63) is 29.8 Å². The lowest BCUT2D eigenvalue weighted by Crippen LogP contribution is -2.04. The van der Waals surface area contributed by atoms with Crippen LogP contribution in [0.4, 0.5) is 0 Å². The number of epoxide rings is 1. The van der Waals surface area contributed by atoms with E-state index in [4.69, 9.17) is 14.2 Å². The third-order valence-corrected chi connectivity index (χ3v) is 2.36. The summed E-state index contributed by atoms with van der Waals surface area (Å²) in [6.07, 6.45) is 1.26. The van der Waals surface area contributed by atoms with Crippen LogP contribution >= 0.6 is 0 Å². The summed E-state index contributed by atoms with van der Waals surface area (Å²) in [5, 5.41) is 0. The van der Waals surface area contributed by atoms with Crippen molar-refractivity contribution < 1.29 is 14.2 Å². The zero-order valence-corrected chi connectivity index (χ0v) is 8.94. The minimum Gasteiger partial charge on any atom is -0.491 e. The third kappa shape index (κ3) is 3.53. The number of hydrogen-bond donors (Lipinski definition) is 0. The molecule has 3 heteroatoms. The van der Waals surface area contributed by atoms with E-state index in [0.717, 1.165) is 25.4 Å². The average molecular weight is 208 g/mol. The Morgan fingerprint density at radius 2 is 2.07 bits per heavy atom. The van der Waals surface area contributed by atoms with Gasteiger partial charge in [-0.2, -0.15) is 0 Å². The molecule has 15 heavy (non-hydrogen) atoms. The first-order chi connectivity index (χ1) is 7.38. The normalized spacial score (nSPS) is 18.9. The zero-order chi connectivity index (χ0) is 10.5. The molecule has 1 saturated heterocycles. The molecule has 2 rings (SSSR count). The first-order valence-corrected chi connectivity index (χ1v) is 5.21. The topological polar surface area (TPSA) is 31.0 Å². The van der Waals surface area contributed by atoms with Crippen LogP contribution in [-0.4, -0.2) is 33.0 Å². The van der Waals surface area contributed by atoms with Crippen molar-refractivity contribution in [3.63, 3.8) is 0 Å². The molecule has 0 bridgehead atoms. The lowest BCUT2D eigenvalue weighted by molar-refractivity contribution is 0.202. The molecule has 0 saturated carbocycles. The maximum absolute atomic E-state index is 5.53. The number of rotatable bonds is 6. The van der Waals surface area contributed by atoms with Crippen LogP contribution in [0.25, 0.3) is 0 Å². The minimum atomic E-state index is 0.318. The lowest BCUT2D eigenvalue weighted by Gasteiger charge is -2.05. The van der Waals surface area contributed by atoms with E-state index in [2.05, 4.69) is 12.1 Å². The lowest BCUT2D eigenvalue weighted by atomic mass is 10.1. The summed E-state index contributed by atoms with van der Waals surface area (Å²) in [7, 11) is 1.72. The molecular formula is C12H16O3. The maximum atomic E-state index is 5.53. The zero-order valence-electron chi connectivity index (χ0n) is 8.94. The summed E-state index contributed by atoms with van der Waals surface area (Å²) in [4.78, 5) is 0. The van der Waals surface area contributed by atoms with Gasteiger partial charge in [-0.05, 0) is 24.1 Å². The van der Waals surface area contributed by atoms with Gasteiger partial charge in [0.05, 0.1) is 13.2 Å². The highest BCUT2D eigenvalue weighted by molar-refractivity contribution is 5.27. The molecule has 0 aromatic heterocycles. The fourth-order valence-electron chi connectivity index (χ4n) is 1.33. The Balaban J connectivity index is 1.79. The van der Waals surface area contributed by atoms with Gasteiger partial charge in [-0.15, -0.1) is 0 Å². The summed E-state index contributed by atoms with van der Waals surface area (Å²) in [5.41, 5.74) is 1.27. The predicted octanol–water partition coefficient (Wildman–Crippen LogP) is 1.65. The molecule has 0 aliphatic carbocycles. The van der Waals surface area contributed by atoms with Crippen LogP contribution in [0.3, 0.4) is 0 Å². The van der Waals surface area contributed by atoms with Crippen molar-refractivity contribution in [3.8, 4) is 5.75 Å². The Morgan fingerprint density at radius 3 is 2.67 bits per heavy atom. The third-order valence-electron chi connectivity index (χ3n) is 2.36. The van der Waals surface area contributed by atoms with E-state index in [1.54, 1.807) is 7.11 Å². The number of ether oxygens (including phenoxy) is 3. The Labute approximate surface area is 90.0 Å². The molecule has 0 N–H and O–H groups in total. The molecule has 0 unspecified atom stereocenters. The molecule has 1 fully saturated rings. The van der Waals surface area contributed by atoms with E-state index < -0.39 is 0 Å². The second kappa shape index (κ2) is 5.14. The monoisotopic (exact) mass is 208 g/mol. The Hall–Kier alpha value is -1.06. The smallest absolute Gasteiger partial charge is 0.119 e. The van der Waals surface area contributed by atoms with Crippen LogP contribution in [0.5, 0.6) is 5.75 Å². The minimum absolute atomic E-state index is 0.318. The van der Waals surface area contributed by atoms with E-state index in [1.165, 1.54) is 5.56 Å². The molecule has 0 radical (unpaired) electrons. The quantitative estimate of drug-likeness (QED) is 0.666. The number of hydrogen-bond acceptors (Lipinski definition) is 3. The highest BCUT2D eigenvalue weighted by atomic mass is 16.6. The van der Waals surface area contributed by atoms with Gasteiger partial charge in [0.25, 0.3) is 0 Å². The fourth-order valence-corrected chi connectivity index (χ4v) is 1.33. The van der Waals surface area contributed by atoms with Crippen molar-refractivity contribution in [1.29, 1.82) is 0 Å². The summed E-state index contributed by atoms with van der Waals surface area (Å²) in [6, 6.07) is 8.13. The Morgan fingerprint density at radius 1 is 1.33 bits per heavy atom. The van der Waals surface area contributed by atoms with Crippen LogP contribution < -0.4 is 4.74 Å². The van der Waals surface area contributed by atoms with Crippen LogP contribution in [0.1, 0.15) is 5.56 Å².